The van der Waals surface area contributed by atoms with E-state index in [9.17, 15) is 0 Å². The molecule has 0 aromatic heterocycles. The molecule has 3 N–H and O–H groups in total. The van der Waals surface area contributed by atoms with Crippen LogP contribution < -0.4 is 11.3 Å². The van der Waals surface area contributed by atoms with Crippen LogP contribution in [-0.4, -0.2) is 23.7 Å². The third-order valence-electron chi connectivity index (χ3n) is 4.82. The number of nitrogens with one attached hydrogen (secondary N) is 1. The van der Waals surface area contributed by atoms with E-state index in [4.69, 9.17) is 10.6 Å². The summed E-state index contributed by atoms with van der Waals surface area (Å²) in [5, 5.41) is 0. The lowest BCUT2D eigenvalue weighted by molar-refractivity contribution is -0.107. The van der Waals surface area contributed by atoms with Gasteiger partial charge in [-0.25, -0.2) is 0 Å². The monoisotopic (exact) mass is 370 g/mol. The topological polar surface area (TPSA) is 47.3 Å². The maximum Gasteiger partial charge on any atom is 0.0701 e. The van der Waals surface area contributed by atoms with Crippen molar-refractivity contribution < 1.29 is 4.74 Å². The zero-order valence-electron chi connectivity index (χ0n) is 12.2. The lowest BCUT2D eigenvalue weighted by atomic mass is 9.77. The quantitative estimate of drug-likeness (QED) is 0.629. The highest BCUT2D eigenvalue weighted by Gasteiger charge is 2.41. The summed E-state index contributed by atoms with van der Waals surface area (Å²) in [6.07, 6.45) is 4.58. The van der Waals surface area contributed by atoms with Gasteiger partial charge in [-0.3, -0.25) is 11.3 Å². The first-order valence-electron chi connectivity index (χ1n) is 7.66. The van der Waals surface area contributed by atoms with Crippen molar-refractivity contribution in [2.75, 3.05) is 18.1 Å². The molecule has 2 saturated heterocycles. The minimum atomic E-state index is 0.110. The van der Waals surface area contributed by atoms with E-state index in [0.717, 1.165) is 23.9 Å². The second-order valence-electron chi connectivity index (χ2n) is 6.09. The molecule has 2 unspecified atom stereocenters. The molecule has 21 heavy (non-hydrogen) atoms. The van der Waals surface area contributed by atoms with Crippen LogP contribution in [0.3, 0.4) is 0 Å². The number of thioether (sulfide) groups is 1. The number of halogens is 1. The number of hydrazine groups is 1. The molecule has 2 aliphatic rings. The standard InChI is InChI=1S/C16H23BrN2OS/c17-14-3-1-12(2-4-14)15(19-18)13-5-8-20-16(11-13)6-9-21-10-7-16/h1-4,13,15,19H,5-11,18H2. The summed E-state index contributed by atoms with van der Waals surface area (Å²) >= 11 is 5.55. The Hall–Kier alpha value is -0.0700. The molecule has 0 bridgehead atoms. The molecule has 5 heteroatoms. The second kappa shape index (κ2) is 7.01. The minimum absolute atomic E-state index is 0.110. The van der Waals surface area contributed by atoms with Crippen molar-refractivity contribution in [2.24, 2.45) is 11.8 Å². The predicted octanol–water partition coefficient (Wildman–Crippen LogP) is 3.65. The van der Waals surface area contributed by atoms with Gasteiger partial charge in [0.15, 0.2) is 0 Å². The van der Waals surface area contributed by atoms with Crippen molar-refractivity contribution >= 4 is 27.7 Å². The molecular weight excluding hydrogens is 348 g/mol. The Morgan fingerprint density at radius 1 is 1.29 bits per heavy atom. The highest BCUT2D eigenvalue weighted by Crippen LogP contribution is 2.43. The number of nitrogens with two attached hydrogens (primary N) is 1. The van der Waals surface area contributed by atoms with Crippen molar-refractivity contribution in [1.82, 2.24) is 5.43 Å². The van der Waals surface area contributed by atoms with Gasteiger partial charge >= 0.3 is 0 Å². The molecule has 3 nitrogen and oxygen atoms in total. The SMILES string of the molecule is NNC(c1ccc(Br)cc1)C1CCOC2(CCSCC2)C1. The summed E-state index contributed by atoms with van der Waals surface area (Å²) in [6, 6.07) is 8.72. The van der Waals surface area contributed by atoms with Crippen LogP contribution in [0.2, 0.25) is 0 Å². The summed E-state index contributed by atoms with van der Waals surface area (Å²) in [6.45, 7) is 0.865. The Morgan fingerprint density at radius 2 is 2.00 bits per heavy atom. The van der Waals surface area contributed by atoms with Gasteiger partial charge in [0.1, 0.15) is 0 Å². The van der Waals surface area contributed by atoms with Gasteiger partial charge in [-0.05, 0) is 60.8 Å². The third-order valence-corrected chi connectivity index (χ3v) is 6.33. The molecule has 0 radical (unpaired) electrons. The fraction of sp³-hybridized carbons (Fsp3) is 0.625. The number of rotatable bonds is 3. The Labute approximate surface area is 139 Å². The maximum absolute atomic E-state index is 6.20. The smallest absolute Gasteiger partial charge is 0.0701 e. The van der Waals surface area contributed by atoms with Crippen LogP contribution in [0, 0.1) is 5.92 Å². The van der Waals surface area contributed by atoms with Crippen LogP contribution in [0.15, 0.2) is 28.7 Å². The molecule has 0 aliphatic carbocycles. The van der Waals surface area contributed by atoms with E-state index in [1.165, 1.54) is 29.9 Å². The van der Waals surface area contributed by atoms with Gasteiger partial charge in [-0.2, -0.15) is 11.8 Å². The second-order valence-corrected chi connectivity index (χ2v) is 8.23. The largest absolute Gasteiger partial charge is 0.375 e. The first-order chi connectivity index (χ1) is 10.2. The summed E-state index contributed by atoms with van der Waals surface area (Å²) < 4.78 is 7.30. The van der Waals surface area contributed by atoms with E-state index in [-0.39, 0.29) is 11.6 Å². The molecule has 2 aliphatic heterocycles. The molecule has 1 aromatic carbocycles. The molecule has 0 amide bonds. The van der Waals surface area contributed by atoms with Crippen molar-refractivity contribution in [3.8, 4) is 0 Å². The van der Waals surface area contributed by atoms with Crippen LogP contribution in [0.4, 0.5) is 0 Å². The fourth-order valence-electron chi connectivity index (χ4n) is 3.62. The number of ether oxygens (including phenoxy) is 1. The van der Waals surface area contributed by atoms with Crippen molar-refractivity contribution in [3.63, 3.8) is 0 Å². The van der Waals surface area contributed by atoms with Crippen molar-refractivity contribution in [1.29, 1.82) is 0 Å². The van der Waals surface area contributed by atoms with Crippen LogP contribution in [0.5, 0.6) is 0 Å². The first-order valence-corrected chi connectivity index (χ1v) is 9.60. The molecular formula is C16H23BrN2OS. The Bertz CT molecular complexity index is 456. The molecule has 1 aromatic rings. The van der Waals surface area contributed by atoms with Gasteiger partial charge in [0.05, 0.1) is 5.60 Å². The summed E-state index contributed by atoms with van der Waals surface area (Å²) in [4.78, 5) is 0. The van der Waals surface area contributed by atoms with E-state index >= 15 is 0 Å². The van der Waals surface area contributed by atoms with Gasteiger partial charge in [0.25, 0.3) is 0 Å². The highest BCUT2D eigenvalue weighted by molar-refractivity contribution is 9.10. The molecule has 116 valence electrons. The van der Waals surface area contributed by atoms with Gasteiger partial charge in [-0.1, -0.05) is 28.1 Å². The van der Waals surface area contributed by atoms with Gasteiger partial charge in [-0.15, -0.1) is 0 Å². The lowest BCUT2D eigenvalue weighted by Crippen LogP contribution is -2.46. The Balaban J connectivity index is 1.75. The molecule has 3 rings (SSSR count). The molecule has 1 spiro atoms. The maximum atomic E-state index is 6.20. The summed E-state index contributed by atoms with van der Waals surface area (Å²) in [5.74, 6) is 8.89. The predicted molar refractivity (Wildman–Crippen MR) is 92.2 cm³/mol. The minimum Gasteiger partial charge on any atom is -0.375 e. The number of hydrogen-bond acceptors (Lipinski definition) is 4. The summed E-state index contributed by atoms with van der Waals surface area (Å²) in [5.41, 5.74) is 4.43. The number of hydrogen-bond donors (Lipinski definition) is 2. The van der Waals surface area contributed by atoms with Crippen LogP contribution in [-0.2, 0) is 4.74 Å². The van der Waals surface area contributed by atoms with E-state index in [0.29, 0.717) is 5.92 Å². The van der Waals surface area contributed by atoms with Crippen molar-refractivity contribution in [3.05, 3.63) is 34.3 Å². The average molecular weight is 371 g/mol. The Kier molecular flexibility index (Phi) is 5.27. The van der Waals surface area contributed by atoms with E-state index in [2.05, 4.69) is 57.4 Å². The van der Waals surface area contributed by atoms with E-state index in [1.54, 1.807) is 0 Å². The molecule has 2 fully saturated rings. The highest BCUT2D eigenvalue weighted by atomic mass is 79.9. The lowest BCUT2D eigenvalue weighted by Gasteiger charge is -2.45. The van der Waals surface area contributed by atoms with E-state index < -0.39 is 0 Å². The van der Waals surface area contributed by atoms with E-state index in [1.807, 2.05) is 0 Å². The zero-order chi connectivity index (χ0) is 14.7. The normalized spacial score (nSPS) is 26.7. The Morgan fingerprint density at radius 3 is 2.67 bits per heavy atom. The third kappa shape index (κ3) is 3.64. The van der Waals surface area contributed by atoms with Gasteiger partial charge < -0.3 is 4.74 Å². The van der Waals surface area contributed by atoms with Crippen LogP contribution >= 0.6 is 27.7 Å². The van der Waals surface area contributed by atoms with Crippen LogP contribution in [0.25, 0.3) is 0 Å². The molecule has 2 atom stereocenters. The van der Waals surface area contributed by atoms with Gasteiger partial charge in [0, 0.05) is 17.1 Å². The first kappa shape index (κ1) is 15.8. The number of benzene rings is 1. The van der Waals surface area contributed by atoms with Gasteiger partial charge in [0.2, 0.25) is 0 Å². The zero-order valence-corrected chi connectivity index (χ0v) is 14.6. The van der Waals surface area contributed by atoms with Crippen molar-refractivity contribution in [2.45, 2.75) is 37.3 Å². The summed E-state index contributed by atoms with van der Waals surface area (Å²) in [7, 11) is 0. The fourth-order valence-corrected chi connectivity index (χ4v) is 5.12. The average Bonchev–Trinajstić information content (AvgIpc) is 2.51. The molecule has 0 saturated carbocycles. The van der Waals surface area contributed by atoms with Crippen LogP contribution in [0.1, 0.15) is 37.3 Å². The molecule has 2 heterocycles.